The number of nitrogens with one attached hydrogen (secondary N) is 1. The van der Waals surface area contributed by atoms with Crippen LogP contribution >= 0.6 is 0 Å². The Hall–Kier alpha value is -2.42. The van der Waals surface area contributed by atoms with Crippen molar-refractivity contribution in [2.24, 2.45) is 0 Å². The predicted octanol–water partition coefficient (Wildman–Crippen LogP) is 4.99. The van der Waals surface area contributed by atoms with Crippen LogP contribution in [-0.4, -0.2) is 5.91 Å². The summed E-state index contributed by atoms with van der Waals surface area (Å²) < 4.78 is 12.8. The van der Waals surface area contributed by atoms with Crippen molar-refractivity contribution < 1.29 is 9.18 Å². The average molecular weight is 297 g/mol. The Morgan fingerprint density at radius 1 is 1.18 bits per heavy atom. The third-order valence-electron chi connectivity index (χ3n) is 3.66. The van der Waals surface area contributed by atoms with Crippen LogP contribution in [0.1, 0.15) is 37.3 Å². The zero-order chi connectivity index (χ0) is 15.9. The van der Waals surface area contributed by atoms with E-state index in [-0.39, 0.29) is 11.7 Å². The summed E-state index contributed by atoms with van der Waals surface area (Å²) in [4.78, 5) is 12.0. The van der Waals surface area contributed by atoms with E-state index in [9.17, 15) is 9.18 Å². The molecule has 0 bridgehead atoms. The van der Waals surface area contributed by atoms with Gasteiger partial charge in [0.15, 0.2) is 0 Å². The Balaban J connectivity index is 2.08. The van der Waals surface area contributed by atoms with Gasteiger partial charge in [0, 0.05) is 11.8 Å². The number of carbonyl (C=O) groups is 1. The number of para-hydroxylation sites is 1. The molecule has 1 unspecified atom stereocenters. The Kier molecular flexibility index (Phi) is 5.48. The van der Waals surface area contributed by atoms with Crippen molar-refractivity contribution in [3.63, 3.8) is 0 Å². The summed E-state index contributed by atoms with van der Waals surface area (Å²) in [6.07, 6.45) is 4.14. The van der Waals surface area contributed by atoms with Gasteiger partial charge in [-0.15, -0.1) is 0 Å². The quantitative estimate of drug-likeness (QED) is 0.774. The van der Waals surface area contributed by atoms with Crippen molar-refractivity contribution in [1.82, 2.24) is 0 Å². The number of hydrogen-bond acceptors (Lipinski definition) is 1. The second-order valence-corrected chi connectivity index (χ2v) is 5.27. The van der Waals surface area contributed by atoms with E-state index in [0.717, 1.165) is 23.2 Å². The molecule has 2 nitrogen and oxygen atoms in total. The first-order chi connectivity index (χ1) is 10.6. The fourth-order valence-electron chi connectivity index (χ4n) is 2.18. The highest BCUT2D eigenvalue weighted by molar-refractivity contribution is 6.02. The standard InChI is InChI=1S/C19H20FNO/c1-3-14(2)17-6-4-5-7-18(17)21-19(22)13-10-15-8-11-16(20)12-9-15/h4-14H,3H2,1-2H3,(H,21,22)/b13-10+. The lowest BCUT2D eigenvalue weighted by molar-refractivity contribution is -0.111. The van der Waals surface area contributed by atoms with E-state index in [4.69, 9.17) is 0 Å². The molecule has 0 aliphatic carbocycles. The SMILES string of the molecule is CCC(C)c1ccccc1NC(=O)/C=C/c1ccc(F)cc1. The molecule has 2 aromatic carbocycles. The van der Waals surface area contributed by atoms with Crippen molar-refractivity contribution in [2.75, 3.05) is 5.32 Å². The molecule has 0 saturated carbocycles. The molecule has 1 N–H and O–H groups in total. The molecule has 2 aromatic rings. The molecule has 1 amide bonds. The van der Waals surface area contributed by atoms with Crippen LogP contribution in [-0.2, 0) is 4.79 Å². The Morgan fingerprint density at radius 3 is 2.55 bits per heavy atom. The normalized spacial score (nSPS) is 12.3. The van der Waals surface area contributed by atoms with Gasteiger partial charge in [0.05, 0.1) is 0 Å². The number of amides is 1. The van der Waals surface area contributed by atoms with E-state index in [0.29, 0.717) is 5.92 Å². The summed E-state index contributed by atoms with van der Waals surface area (Å²) in [6, 6.07) is 13.8. The summed E-state index contributed by atoms with van der Waals surface area (Å²) in [5, 5.41) is 2.91. The maximum atomic E-state index is 12.8. The van der Waals surface area contributed by atoms with Crippen molar-refractivity contribution in [1.29, 1.82) is 0 Å². The fourth-order valence-corrected chi connectivity index (χ4v) is 2.18. The number of rotatable bonds is 5. The zero-order valence-electron chi connectivity index (χ0n) is 12.8. The molecule has 22 heavy (non-hydrogen) atoms. The van der Waals surface area contributed by atoms with Gasteiger partial charge in [-0.3, -0.25) is 4.79 Å². The summed E-state index contributed by atoms with van der Waals surface area (Å²) >= 11 is 0. The lowest BCUT2D eigenvalue weighted by Gasteiger charge is -2.14. The Labute approximate surface area is 130 Å². The molecular weight excluding hydrogens is 277 g/mol. The van der Waals surface area contributed by atoms with Gasteiger partial charge >= 0.3 is 0 Å². The molecular formula is C19H20FNO. The van der Waals surface area contributed by atoms with Gasteiger partial charge in [-0.05, 0) is 47.7 Å². The van der Waals surface area contributed by atoms with Crippen LogP contribution in [0, 0.1) is 5.82 Å². The van der Waals surface area contributed by atoms with Gasteiger partial charge in [0.2, 0.25) is 5.91 Å². The van der Waals surface area contributed by atoms with Crippen LogP contribution in [0.4, 0.5) is 10.1 Å². The van der Waals surface area contributed by atoms with Crippen LogP contribution in [0.3, 0.4) is 0 Å². The molecule has 0 radical (unpaired) electrons. The van der Waals surface area contributed by atoms with E-state index in [1.807, 2.05) is 24.3 Å². The maximum Gasteiger partial charge on any atom is 0.248 e. The van der Waals surface area contributed by atoms with E-state index in [1.165, 1.54) is 18.2 Å². The predicted molar refractivity (Wildman–Crippen MR) is 89.2 cm³/mol. The summed E-state index contributed by atoms with van der Waals surface area (Å²) in [6.45, 7) is 4.26. The number of benzene rings is 2. The molecule has 114 valence electrons. The van der Waals surface area contributed by atoms with E-state index in [2.05, 4.69) is 19.2 Å². The van der Waals surface area contributed by atoms with Gasteiger partial charge in [0.25, 0.3) is 0 Å². The third-order valence-corrected chi connectivity index (χ3v) is 3.66. The first-order valence-electron chi connectivity index (χ1n) is 7.43. The third kappa shape index (κ3) is 4.29. The molecule has 0 aliphatic heterocycles. The van der Waals surface area contributed by atoms with Gasteiger partial charge in [0.1, 0.15) is 5.82 Å². The molecule has 0 fully saturated rings. The number of carbonyl (C=O) groups excluding carboxylic acids is 1. The van der Waals surface area contributed by atoms with Crippen LogP contribution in [0.2, 0.25) is 0 Å². The molecule has 0 aromatic heterocycles. The molecule has 1 atom stereocenters. The fraction of sp³-hybridized carbons (Fsp3) is 0.211. The first kappa shape index (κ1) is 16.0. The highest BCUT2D eigenvalue weighted by atomic mass is 19.1. The van der Waals surface area contributed by atoms with Crippen molar-refractivity contribution in [3.8, 4) is 0 Å². The summed E-state index contributed by atoms with van der Waals surface area (Å²) in [5.74, 6) is -0.0956. The number of halogens is 1. The minimum Gasteiger partial charge on any atom is -0.322 e. The lowest BCUT2D eigenvalue weighted by Crippen LogP contribution is -2.10. The lowest BCUT2D eigenvalue weighted by atomic mass is 9.97. The van der Waals surface area contributed by atoms with Crippen molar-refractivity contribution in [2.45, 2.75) is 26.2 Å². The van der Waals surface area contributed by atoms with Gasteiger partial charge in [-0.2, -0.15) is 0 Å². The minimum atomic E-state index is -0.288. The Bertz CT molecular complexity index is 661. The van der Waals surface area contributed by atoms with Gasteiger partial charge < -0.3 is 5.32 Å². The summed E-state index contributed by atoms with van der Waals surface area (Å²) in [5.41, 5.74) is 2.76. The smallest absolute Gasteiger partial charge is 0.248 e. The molecule has 0 spiro atoms. The number of anilines is 1. The number of hydrogen-bond donors (Lipinski definition) is 1. The zero-order valence-corrected chi connectivity index (χ0v) is 12.8. The van der Waals surface area contributed by atoms with Crippen LogP contribution < -0.4 is 5.32 Å². The van der Waals surface area contributed by atoms with Crippen LogP contribution in [0.25, 0.3) is 6.08 Å². The molecule has 0 heterocycles. The summed E-state index contributed by atoms with van der Waals surface area (Å²) in [7, 11) is 0. The second kappa shape index (κ2) is 7.55. The first-order valence-corrected chi connectivity index (χ1v) is 7.43. The van der Waals surface area contributed by atoms with Crippen molar-refractivity contribution >= 4 is 17.7 Å². The maximum absolute atomic E-state index is 12.8. The van der Waals surface area contributed by atoms with Gasteiger partial charge in [-0.1, -0.05) is 44.2 Å². The van der Waals surface area contributed by atoms with E-state index < -0.39 is 0 Å². The topological polar surface area (TPSA) is 29.1 Å². The van der Waals surface area contributed by atoms with Crippen molar-refractivity contribution in [3.05, 3.63) is 71.6 Å². The highest BCUT2D eigenvalue weighted by Gasteiger charge is 2.09. The van der Waals surface area contributed by atoms with Crippen LogP contribution in [0.5, 0.6) is 0 Å². The molecule has 0 aliphatic rings. The largest absolute Gasteiger partial charge is 0.322 e. The molecule has 0 saturated heterocycles. The second-order valence-electron chi connectivity index (χ2n) is 5.27. The molecule has 3 heteroatoms. The van der Waals surface area contributed by atoms with Crippen LogP contribution in [0.15, 0.2) is 54.6 Å². The Morgan fingerprint density at radius 2 is 1.86 bits per heavy atom. The minimum absolute atomic E-state index is 0.194. The highest BCUT2D eigenvalue weighted by Crippen LogP contribution is 2.26. The van der Waals surface area contributed by atoms with E-state index >= 15 is 0 Å². The molecule has 2 rings (SSSR count). The van der Waals surface area contributed by atoms with E-state index in [1.54, 1.807) is 18.2 Å². The monoisotopic (exact) mass is 297 g/mol. The average Bonchev–Trinajstić information content (AvgIpc) is 2.54. The van der Waals surface area contributed by atoms with Gasteiger partial charge in [-0.25, -0.2) is 4.39 Å².